The van der Waals surface area contributed by atoms with Crippen LogP contribution in [0, 0.1) is 5.82 Å². The minimum Gasteiger partial charge on any atom is -0.497 e. The summed E-state index contributed by atoms with van der Waals surface area (Å²) in [6, 6.07) is 14.1. The number of hydrogen-bond donors (Lipinski definition) is 0. The lowest BCUT2D eigenvalue weighted by molar-refractivity contribution is 0.117. The third-order valence-corrected chi connectivity index (χ3v) is 5.55. The maximum atomic E-state index is 13.4. The molecule has 1 atom stereocenters. The average molecular weight is 412 g/mol. The molecule has 1 fully saturated rings. The molecule has 0 saturated carbocycles. The fourth-order valence-corrected chi connectivity index (χ4v) is 4.00. The number of methoxy groups -OCH3 is 1. The zero-order valence-electron chi connectivity index (χ0n) is 16.1. The van der Waals surface area contributed by atoms with Gasteiger partial charge in [-0.05, 0) is 54.8 Å². The molecule has 2 heterocycles. The van der Waals surface area contributed by atoms with Crippen molar-refractivity contribution in [1.29, 1.82) is 0 Å². The van der Waals surface area contributed by atoms with Crippen molar-refractivity contribution in [2.24, 2.45) is 10.1 Å². The van der Waals surface area contributed by atoms with Crippen LogP contribution in [0.15, 0.2) is 64.0 Å². The van der Waals surface area contributed by atoms with Crippen LogP contribution < -0.4 is 9.54 Å². The van der Waals surface area contributed by atoms with E-state index in [1.165, 1.54) is 23.5 Å². The van der Waals surface area contributed by atoms with Crippen LogP contribution in [-0.4, -0.2) is 37.3 Å². The minimum absolute atomic E-state index is 0.169. The fraction of sp³-hybridized carbons (Fsp3) is 0.273. The maximum absolute atomic E-state index is 13.4. The summed E-state index contributed by atoms with van der Waals surface area (Å²) < 4.78 is 26.1. The van der Waals surface area contributed by atoms with E-state index < -0.39 is 0 Å². The topological polar surface area (TPSA) is 48.1 Å². The van der Waals surface area contributed by atoms with Crippen molar-refractivity contribution < 1.29 is 13.9 Å². The van der Waals surface area contributed by atoms with Gasteiger partial charge in [0.2, 0.25) is 4.80 Å². The van der Waals surface area contributed by atoms with E-state index in [4.69, 9.17) is 14.5 Å². The van der Waals surface area contributed by atoms with Gasteiger partial charge in [-0.2, -0.15) is 5.10 Å². The van der Waals surface area contributed by atoms with E-state index in [0.29, 0.717) is 6.54 Å². The number of hydrogen-bond acceptors (Lipinski definition) is 5. The lowest BCUT2D eigenvalue weighted by Crippen LogP contribution is -2.17. The van der Waals surface area contributed by atoms with Crippen molar-refractivity contribution in [2.45, 2.75) is 18.9 Å². The fourth-order valence-electron chi connectivity index (χ4n) is 3.15. The molecule has 3 aromatic rings. The van der Waals surface area contributed by atoms with E-state index in [-0.39, 0.29) is 11.9 Å². The predicted octanol–water partition coefficient (Wildman–Crippen LogP) is 4.33. The van der Waals surface area contributed by atoms with Crippen LogP contribution in [0.4, 0.5) is 4.39 Å². The van der Waals surface area contributed by atoms with Gasteiger partial charge in [0, 0.05) is 17.6 Å². The van der Waals surface area contributed by atoms with Gasteiger partial charge in [-0.1, -0.05) is 12.1 Å². The Labute approximate surface area is 172 Å². The third kappa shape index (κ3) is 4.81. The van der Waals surface area contributed by atoms with E-state index in [0.717, 1.165) is 46.8 Å². The smallest absolute Gasteiger partial charge is 0.206 e. The molecule has 1 aliphatic heterocycles. The molecule has 0 amide bonds. The highest BCUT2D eigenvalue weighted by atomic mass is 32.1. The van der Waals surface area contributed by atoms with Crippen molar-refractivity contribution in [3.63, 3.8) is 0 Å². The van der Waals surface area contributed by atoms with Crippen LogP contribution in [0.3, 0.4) is 0 Å². The average Bonchev–Trinajstić information content (AvgIpc) is 3.41. The van der Waals surface area contributed by atoms with Crippen LogP contribution in [-0.2, 0) is 4.74 Å². The lowest BCUT2D eigenvalue weighted by Gasteiger charge is -2.06. The van der Waals surface area contributed by atoms with Crippen LogP contribution in [0.25, 0.3) is 11.3 Å². The third-order valence-electron chi connectivity index (χ3n) is 4.70. The van der Waals surface area contributed by atoms with Gasteiger partial charge >= 0.3 is 0 Å². The van der Waals surface area contributed by atoms with Crippen molar-refractivity contribution in [2.75, 3.05) is 20.3 Å². The Morgan fingerprint density at radius 3 is 2.90 bits per heavy atom. The van der Waals surface area contributed by atoms with Gasteiger partial charge in [0.15, 0.2) is 0 Å². The summed E-state index contributed by atoms with van der Waals surface area (Å²) in [6.07, 6.45) is 4.06. The number of halogens is 1. The lowest BCUT2D eigenvalue weighted by atomic mass is 10.2. The van der Waals surface area contributed by atoms with Gasteiger partial charge in [-0.15, -0.1) is 11.3 Å². The van der Waals surface area contributed by atoms with E-state index in [9.17, 15) is 4.39 Å². The number of benzene rings is 2. The summed E-state index contributed by atoms with van der Waals surface area (Å²) in [6.45, 7) is 1.41. The van der Waals surface area contributed by atoms with E-state index in [1.54, 1.807) is 30.1 Å². The molecule has 0 aliphatic carbocycles. The molecule has 4 rings (SSSR count). The van der Waals surface area contributed by atoms with Gasteiger partial charge < -0.3 is 9.47 Å². The second-order valence-corrected chi connectivity index (χ2v) is 7.56. The maximum Gasteiger partial charge on any atom is 0.206 e. The summed E-state index contributed by atoms with van der Waals surface area (Å²) in [7, 11) is 1.64. The van der Waals surface area contributed by atoms with Gasteiger partial charge in [0.1, 0.15) is 11.6 Å². The van der Waals surface area contributed by atoms with Crippen molar-refractivity contribution in [3.8, 4) is 17.0 Å². The highest BCUT2D eigenvalue weighted by Gasteiger charge is 2.15. The molecule has 7 heteroatoms. The van der Waals surface area contributed by atoms with Crippen molar-refractivity contribution in [1.82, 2.24) is 4.68 Å². The first kappa shape index (κ1) is 19.5. The Kier molecular flexibility index (Phi) is 6.17. The first-order chi connectivity index (χ1) is 14.2. The van der Waals surface area contributed by atoms with Gasteiger partial charge in [-0.25, -0.2) is 9.07 Å². The second kappa shape index (κ2) is 9.15. The Bertz CT molecular complexity index is 1050. The van der Waals surface area contributed by atoms with Crippen molar-refractivity contribution >= 4 is 17.6 Å². The number of thiazole rings is 1. The largest absolute Gasteiger partial charge is 0.497 e. The molecule has 0 N–H and O–H groups in total. The first-order valence-corrected chi connectivity index (χ1v) is 10.4. The summed E-state index contributed by atoms with van der Waals surface area (Å²) in [5.41, 5.74) is 2.66. The quantitative estimate of drug-likeness (QED) is 0.567. The number of nitrogens with zero attached hydrogens (tertiary/aromatic N) is 3. The molecule has 2 aromatic carbocycles. The molecule has 0 spiro atoms. The highest BCUT2D eigenvalue weighted by molar-refractivity contribution is 7.07. The van der Waals surface area contributed by atoms with Gasteiger partial charge in [0.25, 0.3) is 0 Å². The monoisotopic (exact) mass is 411 g/mol. The summed E-state index contributed by atoms with van der Waals surface area (Å²) in [5.74, 6) is 0.505. The van der Waals surface area contributed by atoms with Crippen LogP contribution in [0.2, 0.25) is 0 Å². The molecular weight excluding hydrogens is 389 g/mol. The molecule has 0 unspecified atom stereocenters. The zero-order valence-corrected chi connectivity index (χ0v) is 16.9. The molecule has 5 nitrogen and oxygen atoms in total. The van der Waals surface area contributed by atoms with E-state index >= 15 is 0 Å². The molecule has 0 bridgehead atoms. The predicted molar refractivity (Wildman–Crippen MR) is 113 cm³/mol. The molecule has 1 saturated heterocycles. The minimum atomic E-state index is -0.265. The Morgan fingerprint density at radius 2 is 2.14 bits per heavy atom. The second-order valence-electron chi connectivity index (χ2n) is 6.72. The van der Waals surface area contributed by atoms with E-state index in [2.05, 4.69) is 5.10 Å². The Hall–Kier alpha value is -2.77. The molecule has 1 aromatic heterocycles. The van der Waals surface area contributed by atoms with Crippen LogP contribution in [0.5, 0.6) is 5.75 Å². The summed E-state index contributed by atoms with van der Waals surface area (Å²) >= 11 is 1.51. The molecule has 150 valence electrons. The van der Waals surface area contributed by atoms with Crippen LogP contribution in [0.1, 0.15) is 18.4 Å². The number of aromatic nitrogens is 1. The van der Waals surface area contributed by atoms with Crippen molar-refractivity contribution in [3.05, 3.63) is 70.1 Å². The number of ether oxygens (including phenoxy) is 2. The van der Waals surface area contributed by atoms with Gasteiger partial charge in [-0.3, -0.25) is 4.99 Å². The highest BCUT2D eigenvalue weighted by Crippen LogP contribution is 2.21. The standard InChI is InChI=1S/C22H22FN3O2S/c1-27-19-5-2-4-16(12-19)13-25-26-21(17-7-9-18(23)10-8-17)15-29-22(26)24-14-20-6-3-11-28-20/h2,4-5,7-10,12-13,15,20H,3,6,11,14H2,1H3/b24-22?,25-13-/t20-/m1/s1. The normalized spacial score (nSPS) is 17.3. The first-order valence-electron chi connectivity index (χ1n) is 9.50. The SMILES string of the molecule is COc1cccc(/C=N\n2c(-c3ccc(F)cc3)csc2=NC[C@H]2CCCO2)c1. The zero-order chi connectivity index (χ0) is 20.1. The number of rotatable bonds is 6. The summed E-state index contributed by atoms with van der Waals surface area (Å²) in [4.78, 5) is 5.52. The molecular formula is C22H22FN3O2S. The molecule has 0 radical (unpaired) electrons. The Morgan fingerprint density at radius 1 is 1.28 bits per heavy atom. The summed E-state index contributed by atoms with van der Waals surface area (Å²) in [5, 5.41) is 6.66. The Balaban J connectivity index is 1.71. The van der Waals surface area contributed by atoms with E-state index in [1.807, 2.05) is 29.6 Å². The van der Waals surface area contributed by atoms with Gasteiger partial charge in [0.05, 0.1) is 31.7 Å². The molecule has 29 heavy (non-hydrogen) atoms. The molecule has 1 aliphatic rings. The van der Waals surface area contributed by atoms with Crippen LogP contribution >= 0.6 is 11.3 Å².